The van der Waals surface area contributed by atoms with Crippen molar-refractivity contribution >= 4 is 5.91 Å². The molecule has 2 atom stereocenters. The Labute approximate surface area is 129 Å². The molecule has 21 heavy (non-hydrogen) atoms. The molecule has 2 heterocycles. The lowest BCUT2D eigenvalue weighted by atomic mass is 10.1. The molecule has 0 aromatic heterocycles. The highest BCUT2D eigenvalue weighted by molar-refractivity contribution is 5.81. The number of morpholine rings is 1. The molecule has 1 N–H and O–H groups in total. The number of nitrogens with zero attached hydrogens (tertiary/aromatic N) is 2. The summed E-state index contributed by atoms with van der Waals surface area (Å²) in [6.07, 6.45) is 2.49. The third kappa shape index (κ3) is 4.94. The molecule has 5 nitrogen and oxygen atoms in total. The minimum atomic E-state index is -0.0344. The summed E-state index contributed by atoms with van der Waals surface area (Å²) in [6, 6.07) is 0.511. The summed E-state index contributed by atoms with van der Waals surface area (Å²) >= 11 is 0. The van der Waals surface area contributed by atoms with Gasteiger partial charge in [-0.15, -0.1) is 0 Å². The summed E-state index contributed by atoms with van der Waals surface area (Å²) in [4.78, 5) is 17.0. The molecule has 5 heteroatoms. The van der Waals surface area contributed by atoms with Crippen LogP contribution >= 0.6 is 0 Å². The largest absolute Gasteiger partial charge is 0.378 e. The Morgan fingerprint density at radius 1 is 1.33 bits per heavy atom. The molecule has 0 saturated carbocycles. The van der Waals surface area contributed by atoms with Crippen molar-refractivity contribution in [3.05, 3.63) is 0 Å². The van der Waals surface area contributed by atoms with Gasteiger partial charge in [-0.2, -0.15) is 0 Å². The van der Waals surface area contributed by atoms with Gasteiger partial charge in [0.1, 0.15) is 0 Å². The summed E-state index contributed by atoms with van der Waals surface area (Å²) in [6.45, 7) is 12.4. The van der Waals surface area contributed by atoms with E-state index in [4.69, 9.17) is 4.74 Å². The van der Waals surface area contributed by atoms with Crippen LogP contribution in [-0.2, 0) is 9.53 Å². The van der Waals surface area contributed by atoms with Gasteiger partial charge in [0.15, 0.2) is 0 Å². The SMILES string of the molecule is CC(C)CN(CC1CCCN1)C(C)C(=O)N1CCOCC1. The summed E-state index contributed by atoms with van der Waals surface area (Å²) in [5, 5.41) is 3.55. The fraction of sp³-hybridized carbons (Fsp3) is 0.938. The van der Waals surface area contributed by atoms with Crippen LogP contribution in [0.25, 0.3) is 0 Å². The second-order valence-electron chi connectivity index (χ2n) is 6.75. The first kappa shape index (κ1) is 16.7. The van der Waals surface area contributed by atoms with Crippen LogP contribution in [0.2, 0.25) is 0 Å². The van der Waals surface area contributed by atoms with Crippen LogP contribution in [0.1, 0.15) is 33.6 Å². The van der Waals surface area contributed by atoms with Crippen molar-refractivity contribution in [3.63, 3.8) is 0 Å². The first-order valence-corrected chi connectivity index (χ1v) is 8.42. The Morgan fingerprint density at radius 3 is 2.62 bits per heavy atom. The maximum absolute atomic E-state index is 12.7. The lowest BCUT2D eigenvalue weighted by molar-refractivity contribution is -0.140. The van der Waals surface area contributed by atoms with Crippen molar-refractivity contribution in [2.45, 2.75) is 45.7 Å². The molecule has 2 saturated heterocycles. The first-order chi connectivity index (χ1) is 10.1. The van der Waals surface area contributed by atoms with Crippen molar-refractivity contribution < 1.29 is 9.53 Å². The molecule has 0 radical (unpaired) electrons. The molecule has 2 aliphatic heterocycles. The van der Waals surface area contributed by atoms with Crippen LogP contribution < -0.4 is 5.32 Å². The Kier molecular flexibility index (Phi) is 6.45. The van der Waals surface area contributed by atoms with Gasteiger partial charge >= 0.3 is 0 Å². The average Bonchev–Trinajstić information content (AvgIpc) is 2.98. The lowest BCUT2D eigenvalue weighted by Crippen LogP contribution is -2.53. The molecular formula is C16H31N3O2. The average molecular weight is 297 g/mol. The molecule has 0 aromatic rings. The zero-order valence-electron chi connectivity index (χ0n) is 13.8. The van der Waals surface area contributed by atoms with Crippen LogP contribution in [-0.4, -0.2) is 73.7 Å². The van der Waals surface area contributed by atoms with Crippen molar-refractivity contribution in [3.8, 4) is 0 Å². The van der Waals surface area contributed by atoms with Gasteiger partial charge in [-0.3, -0.25) is 9.69 Å². The van der Waals surface area contributed by atoms with Crippen molar-refractivity contribution in [2.24, 2.45) is 5.92 Å². The normalized spacial score (nSPS) is 24.8. The number of rotatable bonds is 6. The van der Waals surface area contributed by atoms with E-state index >= 15 is 0 Å². The van der Waals surface area contributed by atoms with E-state index < -0.39 is 0 Å². The van der Waals surface area contributed by atoms with Gasteiger partial charge in [0, 0.05) is 32.2 Å². The zero-order valence-corrected chi connectivity index (χ0v) is 13.8. The summed E-state index contributed by atoms with van der Waals surface area (Å²) in [5.74, 6) is 0.836. The van der Waals surface area contributed by atoms with E-state index in [1.54, 1.807) is 0 Å². The van der Waals surface area contributed by atoms with Crippen LogP contribution in [0, 0.1) is 5.92 Å². The maximum atomic E-state index is 12.7. The van der Waals surface area contributed by atoms with Gasteiger partial charge < -0.3 is 15.0 Å². The van der Waals surface area contributed by atoms with Crippen molar-refractivity contribution in [1.29, 1.82) is 0 Å². The van der Waals surface area contributed by atoms with E-state index in [9.17, 15) is 4.79 Å². The Hall–Kier alpha value is -0.650. The van der Waals surface area contributed by atoms with Gasteiger partial charge in [0.05, 0.1) is 19.3 Å². The van der Waals surface area contributed by atoms with E-state index in [0.29, 0.717) is 25.2 Å². The highest BCUT2D eigenvalue weighted by Gasteiger charge is 2.29. The van der Waals surface area contributed by atoms with E-state index in [-0.39, 0.29) is 11.9 Å². The van der Waals surface area contributed by atoms with E-state index in [0.717, 1.165) is 32.7 Å². The summed E-state index contributed by atoms with van der Waals surface area (Å²) in [5.41, 5.74) is 0. The quantitative estimate of drug-likeness (QED) is 0.793. The molecule has 2 rings (SSSR count). The number of hydrogen-bond acceptors (Lipinski definition) is 4. The topological polar surface area (TPSA) is 44.8 Å². The fourth-order valence-corrected chi connectivity index (χ4v) is 3.26. The second-order valence-corrected chi connectivity index (χ2v) is 6.75. The van der Waals surface area contributed by atoms with E-state index in [2.05, 4.69) is 31.0 Å². The molecule has 0 aromatic carbocycles. The maximum Gasteiger partial charge on any atom is 0.239 e. The molecule has 0 bridgehead atoms. The molecule has 0 aliphatic carbocycles. The number of carbonyl (C=O) groups excluding carboxylic acids is 1. The minimum Gasteiger partial charge on any atom is -0.378 e. The highest BCUT2D eigenvalue weighted by Crippen LogP contribution is 2.14. The molecule has 122 valence electrons. The molecular weight excluding hydrogens is 266 g/mol. The Balaban J connectivity index is 1.94. The number of nitrogens with one attached hydrogen (secondary N) is 1. The van der Waals surface area contributed by atoms with Crippen LogP contribution in [0.15, 0.2) is 0 Å². The highest BCUT2D eigenvalue weighted by atomic mass is 16.5. The first-order valence-electron chi connectivity index (χ1n) is 8.42. The van der Waals surface area contributed by atoms with Gasteiger partial charge in [-0.25, -0.2) is 0 Å². The number of hydrogen-bond donors (Lipinski definition) is 1. The third-order valence-electron chi connectivity index (χ3n) is 4.44. The smallest absolute Gasteiger partial charge is 0.239 e. The standard InChI is InChI=1S/C16H31N3O2/c1-13(2)11-19(12-15-5-4-6-17-15)14(3)16(20)18-7-9-21-10-8-18/h13-15,17H,4-12H2,1-3H3. The van der Waals surface area contributed by atoms with Gasteiger partial charge in [-0.1, -0.05) is 13.8 Å². The summed E-state index contributed by atoms with van der Waals surface area (Å²) < 4.78 is 5.34. The predicted molar refractivity (Wildman–Crippen MR) is 84.3 cm³/mol. The summed E-state index contributed by atoms with van der Waals surface area (Å²) in [7, 11) is 0. The zero-order chi connectivity index (χ0) is 15.2. The number of amides is 1. The van der Waals surface area contributed by atoms with Crippen molar-refractivity contribution in [1.82, 2.24) is 15.1 Å². The fourth-order valence-electron chi connectivity index (χ4n) is 3.26. The second kappa shape index (κ2) is 8.11. The van der Waals surface area contributed by atoms with Crippen LogP contribution in [0.4, 0.5) is 0 Å². The van der Waals surface area contributed by atoms with Gasteiger partial charge in [0.25, 0.3) is 0 Å². The van der Waals surface area contributed by atoms with Gasteiger partial charge in [-0.05, 0) is 32.2 Å². The minimum absolute atomic E-state index is 0.0344. The third-order valence-corrected chi connectivity index (χ3v) is 4.44. The van der Waals surface area contributed by atoms with Crippen molar-refractivity contribution in [2.75, 3.05) is 45.9 Å². The molecule has 1 amide bonds. The molecule has 0 spiro atoms. The number of ether oxygens (including phenoxy) is 1. The number of carbonyl (C=O) groups is 1. The van der Waals surface area contributed by atoms with Gasteiger partial charge in [0.2, 0.25) is 5.91 Å². The van der Waals surface area contributed by atoms with E-state index in [1.165, 1.54) is 12.8 Å². The van der Waals surface area contributed by atoms with Crippen LogP contribution in [0.3, 0.4) is 0 Å². The Morgan fingerprint density at radius 2 is 2.05 bits per heavy atom. The monoisotopic (exact) mass is 297 g/mol. The van der Waals surface area contributed by atoms with E-state index in [1.807, 2.05) is 4.90 Å². The van der Waals surface area contributed by atoms with Crippen LogP contribution in [0.5, 0.6) is 0 Å². The molecule has 2 unspecified atom stereocenters. The predicted octanol–water partition coefficient (Wildman–Crippen LogP) is 0.944. The molecule has 2 aliphatic rings. The lowest BCUT2D eigenvalue weighted by Gasteiger charge is -2.36. The Bertz CT molecular complexity index is 323. The molecule has 2 fully saturated rings.